The van der Waals surface area contributed by atoms with E-state index in [4.69, 9.17) is 5.73 Å². The van der Waals surface area contributed by atoms with E-state index in [0.29, 0.717) is 29.3 Å². The molecule has 0 unspecified atom stereocenters. The van der Waals surface area contributed by atoms with E-state index in [0.717, 1.165) is 12.8 Å². The Hall–Kier alpha value is -1.84. The summed E-state index contributed by atoms with van der Waals surface area (Å²) in [4.78, 5) is 25.3. The fourth-order valence-electron chi connectivity index (χ4n) is 2.08. The third kappa shape index (κ3) is 1.23. The zero-order valence-corrected chi connectivity index (χ0v) is 8.77. The van der Waals surface area contributed by atoms with E-state index in [1.807, 2.05) is 0 Å². The van der Waals surface area contributed by atoms with Gasteiger partial charge in [0.05, 0.1) is 11.1 Å². The number of amides is 2. The van der Waals surface area contributed by atoms with E-state index in [1.54, 1.807) is 18.2 Å². The minimum Gasteiger partial charge on any atom is -0.398 e. The van der Waals surface area contributed by atoms with Gasteiger partial charge >= 0.3 is 0 Å². The number of fused-ring (bicyclic) bond motifs is 1. The summed E-state index contributed by atoms with van der Waals surface area (Å²) in [6.07, 6.45) is 2.23. The van der Waals surface area contributed by atoms with E-state index < -0.39 is 0 Å². The molecule has 2 aliphatic rings. The molecule has 4 nitrogen and oxygen atoms in total. The predicted octanol–water partition coefficient (Wildman–Crippen LogP) is 1.27. The number of anilines is 1. The Kier molecular flexibility index (Phi) is 1.80. The maximum absolute atomic E-state index is 12.0. The lowest BCUT2D eigenvalue weighted by molar-refractivity contribution is 0.0647. The van der Waals surface area contributed by atoms with Crippen LogP contribution in [0.3, 0.4) is 0 Å². The second-order valence-corrected chi connectivity index (χ2v) is 4.43. The Morgan fingerprint density at radius 1 is 1.25 bits per heavy atom. The zero-order valence-electron chi connectivity index (χ0n) is 8.77. The summed E-state index contributed by atoms with van der Waals surface area (Å²) in [5.41, 5.74) is 6.96. The molecule has 4 heteroatoms. The topological polar surface area (TPSA) is 63.4 Å². The highest BCUT2D eigenvalue weighted by Crippen LogP contribution is 2.34. The van der Waals surface area contributed by atoms with Crippen LogP contribution in [0.2, 0.25) is 0 Å². The third-order valence-electron chi connectivity index (χ3n) is 3.17. The highest BCUT2D eigenvalue weighted by molar-refractivity contribution is 6.23. The number of carbonyl (C=O) groups is 2. The normalized spacial score (nSPS) is 19.1. The van der Waals surface area contributed by atoms with Crippen molar-refractivity contribution < 1.29 is 9.59 Å². The van der Waals surface area contributed by atoms with Crippen LogP contribution in [0.15, 0.2) is 18.2 Å². The van der Waals surface area contributed by atoms with Gasteiger partial charge in [-0.25, -0.2) is 0 Å². The minimum absolute atomic E-state index is 0.195. The van der Waals surface area contributed by atoms with Crippen molar-refractivity contribution in [2.75, 3.05) is 12.3 Å². The maximum Gasteiger partial charge on any atom is 0.263 e. The van der Waals surface area contributed by atoms with Crippen molar-refractivity contribution in [3.05, 3.63) is 29.3 Å². The molecule has 2 amide bonds. The molecule has 1 saturated carbocycles. The minimum atomic E-state index is -0.231. The van der Waals surface area contributed by atoms with Crippen LogP contribution in [0.25, 0.3) is 0 Å². The van der Waals surface area contributed by atoms with Crippen molar-refractivity contribution in [1.29, 1.82) is 0 Å². The molecule has 1 fully saturated rings. The molecule has 3 rings (SSSR count). The summed E-state index contributed by atoms with van der Waals surface area (Å²) in [5.74, 6) is 0.0765. The van der Waals surface area contributed by atoms with Gasteiger partial charge in [-0.15, -0.1) is 0 Å². The molecule has 1 heterocycles. The second kappa shape index (κ2) is 3.07. The number of nitrogen functional groups attached to an aromatic ring is 1. The average Bonchev–Trinajstić information content (AvgIpc) is 3.03. The molecule has 0 spiro atoms. The largest absolute Gasteiger partial charge is 0.398 e. The van der Waals surface area contributed by atoms with Crippen LogP contribution in [0.1, 0.15) is 33.6 Å². The quantitative estimate of drug-likeness (QED) is 0.598. The Bertz CT molecular complexity index is 492. The number of imide groups is 1. The molecule has 2 N–H and O–H groups in total. The summed E-state index contributed by atoms with van der Waals surface area (Å²) in [7, 11) is 0. The molecule has 0 aromatic heterocycles. The summed E-state index contributed by atoms with van der Waals surface area (Å²) >= 11 is 0. The molecule has 0 atom stereocenters. The van der Waals surface area contributed by atoms with Gasteiger partial charge in [-0.1, -0.05) is 6.07 Å². The Morgan fingerprint density at radius 2 is 2.00 bits per heavy atom. The first kappa shape index (κ1) is 9.39. The monoisotopic (exact) mass is 216 g/mol. The summed E-state index contributed by atoms with van der Waals surface area (Å²) in [6, 6.07) is 5.03. The molecule has 1 aromatic rings. The van der Waals surface area contributed by atoms with Gasteiger partial charge in [-0.3, -0.25) is 14.5 Å². The van der Waals surface area contributed by atoms with E-state index >= 15 is 0 Å². The van der Waals surface area contributed by atoms with Gasteiger partial charge in [-0.05, 0) is 30.9 Å². The first-order valence-corrected chi connectivity index (χ1v) is 5.43. The Balaban J connectivity index is 2.01. The highest BCUT2D eigenvalue weighted by atomic mass is 16.2. The van der Waals surface area contributed by atoms with Crippen LogP contribution in [-0.4, -0.2) is 23.3 Å². The van der Waals surface area contributed by atoms with Crippen molar-refractivity contribution in [3.8, 4) is 0 Å². The van der Waals surface area contributed by atoms with Gasteiger partial charge in [0, 0.05) is 12.2 Å². The number of carbonyl (C=O) groups excluding carboxylic acids is 2. The highest BCUT2D eigenvalue weighted by Gasteiger charge is 2.39. The van der Waals surface area contributed by atoms with Gasteiger partial charge in [0.15, 0.2) is 0 Å². The lowest BCUT2D eigenvalue weighted by Gasteiger charge is -2.12. The van der Waals surface area contributed by atoms with Crippen LogP contribution in [0.5, 0.6) is 0 Å². The predicted molar refractivity (Wildman–Crippen MR) is 58.9 cm³/mol. The van der Waals surface area contributed by atoms with Crippen molar-refractivity contribution in [2.24, 2.45) is 5.92 Å². The summed E-state index contributed by atoms with van der Waals surface area (Å²) in [6.45, 7) is 0.547. The van der Waals surface area contributed by atoms with Gasteiger partial charge in [-0.2, -0.15) is 0 Å². The molecular formula is C12H12N2O2. The van der Waals surface area contributed by atoms with Gasteiger partial charge < -0.3 is 5.73 Å². The van der Waals surface area contributed by atoms with E-state index in [1.165, 1.54) is 4.90 Å². The molecule has 16 heavy (non-hydrogen) atoms. The molecular weight excluding hydrogens is 204 g/mol. The van der Waals surface area contributed by atoms with E-state index in [9.17, 15) is 9.59 Å². The Labute approximate surface area is 93.0 Å². The SMILES string of the molecule is Nc1cccc2c1C(=O)N(CC1CC1)C2=O. The number of nitrogens with zero attached hydrogens (tertiary/aromatic N) is 1. The summed E-state index contributed by atoms with van der Waals surface area (Å²) < 4.78 is 0. The molecule has 1 aromatic carbocycles. The lowest BCUT2D eigenvalue weighted by Crippen LogP contribution is -2.31. The number of nitrogens with two attached hydrogens (primary N) is 1. The van der Waals surface area contributed by atoms with Crippen LogP contribution in [-0.2, 0) is 0 Å². The smallest absolute Gasteiger partial charge is 0.263 e. The molecule has 0 bridgehead atoms. The fourth-order valence-corrected chi connectivity index (χ4v) is 2.08. The molecule has 1 aliphatic heterocycles. The molecule has 0 radical (unpaired) electrons. The third-order valence-corrected chi connectivity index (χ3v) is 3.17. The number of hydrogen-bond donors (Lipinski definition) is 1. The van der Waals surface area contributed by atoms with Crippen molar-refractivity contribution in [2.45, 2.75) is 12.8 Å². The first-order chi connectivity index (χ1) is 7.68. The summed E-state index contributed by atoms with van der Waals surface area (Å²) in [5, 5.41) is 0. The van der Waals surface area contributed by atoms with E-state index in [2.05, 4.69) is 0 Å². The maximum atomic E-state index is 12.0. The zero-order chi connectivity index (χ0) is 11.3. The van der Waals surface area contributed by atoms with Crippen LogP contribution in [0.4, 0.5) is 5.69 Å². The van der Waals surface area contributed by atoms with Gasteiger partial charge in [0.1, 0.15) is 0 Å². The lowest BCUT2D eigenvalue weighted by atomic mass is 10.1. The second-order valence-electron chi connectivity index (χ2n) is 4.43. The molecule has 1 aliphatic carbocycles. The average molecular weight is 216 g/mol. The number of hydrogen-bond acceptors (Lipinski definition) is 3. The Morgan fingerprint density at radius 3 is 2.62 bits per heavy atom. The van der Waals surface area contributed by atoms with E-state index in [-0.39, 0.29) is 11.8 Å². The first-order valence-electron chi connectivity index (χ1n) is 5.43. The van der Waals surface area contributed by atoms with Crippen molar-refractivity contribution >= 4 is 17.5 Å². The van der Waals surface area contributed by atoms with Crippen LogP contribution >= 0.6 is 0 Å². The van der Waals surface area contributed by atoms with Crippen molar-refractivity contribution in [1.82, 2.24) is 4.90 Å². The molecule has 0 saturated heterocycles. The molecule has 82 valence electrons. The number of rotatable bonds is 2. The van der Waals surface area contributed by atoms with Gasteiger partial charge in [0.2, 0.25) is 0 Å². The van der Waals surface area contributed by atoms with Gasteiger partial charge in [0.25, 0.3) is 11.8 Å². The van der Waals surface area contributed by atoms with Crippen LogP contribution in [0, 0.1) is 5.92 Å². The van der Waals surface area contributed by atoms with Crippen LogP contribution < -0.4 is 5.73 Å². The standard InChI is InChI=1S/C12H12N2O2/c13-9-3-1-2-8-10(9)12(16)14(11(8)15)6-7-4-5-7/h1-3,7H,4-6,13H2. The van der Waals surface area contributed by atoms with Crippen molar-refractivity contribution in [3.63, 3.8) is 0 Å². The fraction of sp³-hybridized carbons (Fsp3) is 0.333. The number of benzene rings is 1.